The van der Waals surface area contributed by atoms with Gasteiger partial charge in [-0.2, -0.15) is 0 Å². The first-order valence-corrected chi connectivity index (χ1v) is 11.4. The largest absolute Gasteiger partial charge is 0.497 e. The number of carbonyl (C=O) groups is 1. The SMILES string of the molecule is COc1ccc(CC(=O)NCCCCCc2nc3ccccc3n2CCC(C)C)cc1. The Labute approximate surface area is 185 Å². The van der Waals surface area contributed by atoms with Crippen LogP contribution in [0.3, 0.4) is 0 Å². The van der Waals surface area contributed by atoms with Crippen LogP contribution < -0.4 is 10.1 Å². The topological polar surface area (TPSA) is 56.1 Å². The Hall–Kier alpha value is -2.82. The minimum absolute atomic E-state index is 0.0700. The summed E-state index contributed by atoms with van der Waals surface area (Å²) < 4.78 is 7.55. The van der Waals surface area contributed by atoms with Crippen LogP contribution in [0.2, 0.25) is 0 Å². The van der Waals surface area contributed by atoms with Gasteiger partial charge in [0.1, 0.15) is 11.6 Å². The number of hydrogen-bond donors (Lipinski definition) is 1. The highest BCUT2D eigenvalue weighted by Gasteiger charge is 2.10. The van der Waals surface area contributed by atoms with Gasteiger partial charge in [-0.15, -0.1) is 0 Å². The molecule has 5 nitrogen and oxygen atoms in total. The van der Waals surface area contributed by atoms with Crippen LogP contribution >= 0.6 is 0 Å². The number of carbonyl (C=O) groups excluding carboxylic acids is 1. The van der Waals surface area contributed by atoms with Gasteiger partial charge in [0.05, 0.1) is 24.6 Å². The van der Waals surface area contributed by atoms with Gasteiger partial charge in [-0.3, -0.25) is 4.79 Å². The van der Waals surface area contributed by atoms with Crippen molar-refractivity contribution in [1.82, 2.24) is 14.9 Å². The molecule has 1 amide bonds. The summed E-state index contributed by atoms with van der Waals surface area (Å²) in [6.45, 7) is 6.27. The van der Waals surface area contributed by atoms with E-state index in [1.807, 2.05) is 24.3 Å². The highest BCUT2D eigenvalue weighted by atomic mass is 16.5. The Morgan fingerprint density at radius 2 is 1.84 bits per heavy atom. The fraction of sp³-hybridized carbons (Fsp3) is 0.462. The molecular weight excluding hydrogens is 386 g/mol. The van der Waals surface area contributed by atoms with Crippen molar-refractivity contribution in [3.63, 3.8) is 0 Å². The summed E-state index contributed by atoms with van der Waals surface area (Å²) in [6, 6.07) is 16.1. The Morgan fingerprint density at radius 3 is 2.58 bits per heavy atom. The van der Waals surface area contributed by atoms with Gasteiger partial charge in [-0.25, -0.2) is 4.98 Å². The molecule has 0 unspecified atom stereocenters. The fourth-order valence-corrected chi connectivity index (χ4v) is 3.76. The average molecular weight is 422 g/mol. The molecule has 0 fully saturated rings. The smallest absolute Gasteiger partial charge is 0.224 e. The van der Waals surface area contributed by atoms with Crippen molar-refractivity contribution in [1.29, 1.82) is 0 Å². The lowest BCUT2D eigenvalue weighted by molar-refractivity contribution is -0.120. The summed E-state index contributed by atoms with van der Waals surface area (Å²) in [4.78, 5) is 17.0. The van der Waals surface area contributed by atoms with Crippen molar-refractivity contribution in [3.05, 3.63) is 59.9 Å². The second-order valence-electron chi connectivity index (χ2n) is 8.54. The van der Waals surface area contributed by atoms with Gasteiger partial charge in [0.2, 0.25) is 5.91 Å². The Bertz CT molecular complexity index is 960. The molecule has 1 N–H and O–H groups in total. The molecule has 0 aliphatic carbocycles. The number of unbranched alkanes of at least 4 members (excludes halogenated alkanes) is 2. The van der Waals surface area contributed by atoms with Crippen LogP contribution in [0.4, 0.5) is 0 Å². The van der Waals surface area contributed by atoms with Gasteiger partial charge in [0, 0.05) is 19.5 Å². The van der Waals surface area contributed by atoms with Gasteiger partial charge in [0.25, 0.3) is 0 Å². The maximum absolute atomic E-state index is 12.1. The molecular formula is C26H35N3O2. The zero-order valence-corrected chi connectivity index (χ0v) is 19.1. The summed E-state index contributed by atoms with van der Waals surface area (Å²) in [5.74, 6) is 2.74. The number of methoxy groups -OCH3 is 1. The number of rotatable bonds is 12. The molecule has 0 aliphatic rings. The molecule has 0 radical (unpaired) electrons. The van der Waals surface area contributed by atoms with Crippen LogP contribution in [0.25, 0.3) is 11.0 Å². The van der Waals surface area contributed by atoms with E-state index in [1.54, 1.807) is 7.11 Å². The Morgan fingerprint density at radius 1 is 1.06 bits per heavy atom. The molecule has 0 bridgehead atoms. The van der Waals surface area contributed by atoms with Gasteiger partial charge < -0.3 is 14.6 Å². The minimum Gasteiger partial charge on any atom is -0.497 e. The van der Waals surface area contributed by atoms with E-state index in [0.29, 0.717) is 12.3 Å². The molecule has 3 rings (SSSR count). The van der Waals surface area contributed by atoms with Crippen molar-refractivity contribution < 1.29 is 9.53 Å². The van der Waals surface area contributed by atoms with Crippen molar-refractivity contribution in [3.8, 4) is 5.75 Å². The summed E-state index contributed by atoms with van der Waals surface area (Å²) >= 11 is 0. The number of hydrogen-bond acceptors (Lipinski definition) is 3. The van der Waals surface area contributed by atoms with Crippen LogP contribution in [-0.4, -0.2) is 29.1 Å². The second kappa shape index (κ2) is 11.5. The first-order chi connectivity index (χ1) is 15.1. The first-order valence-electron chi connectivity index (χ1n) is 11.4. The Kier molecular flexibility index (Phi) is 8.51. The zero-order valence-electron chi connectivity index (χ0n) is 19.1. The fourth-order valence-electron chi connectivity index (χ4n) is 3.76. The monoisotopic (exact) mass is 421 g/mol. The lowest BCUT2D eigenvalue weighted by Crippen LogP contribution is -2.26. The third-order valence-electron chi connectivity index (χ3n) is 5.59. The lowest BCUT2D eigenvalue weighted by Gasteiger charge is -2.11. The summed E-state index contributed by atoms with van der Waals surface area (Å²) in [7, 11) is 1.64. The van der Waals surface area contributed by atoms with Crippen molar-refractivity contribution in [2.24, 2.45) is 5.92 Å². The van der Waals surface area contributed by atoms with Crippen LogP contribution in [0, 0.1) is 5.92 Å². The van der Waals surface area contributed by atoms with Gasteiger partial charge >= 0.3 is 0 Å². The number of nitrogens with one attached hydrogen (secondary N) is 1. The number of aromatic nitrogens is 2. The van der Waals surface area contributed by atoms with E-state index >= 15 is 0 Å². The number of ether oxygens (including phenoxy) is 1. The number of para-hydroxylation sites is 2. The van der Waals surface area contributed by atoms with Crippen molar-refractivity contribution in [2.75, 3.05) is 13.7 Å². The molecule has 1 aromatic heterocycles. The standard InChI is InChI=1S/C26H35N3O2/c1-20(2)16-18-29-24-10-7-6-9-23(24)28-25(29)11-5-4-8-17-27-26(30)19-21-12-14-22(31-3)15-13-21/h6-7,9-10,12-15,20H,4-5,8,11,16-19H2,1-3H3,(H,27,30). The van der Waals surface area contributed by atoms with E-state index in [0.717, 1.165) is 62.0 Å². The average Bonchev–Trinajstić information content (AvgIpc) is 3.12. The lowest BCUT2D eigenvalue weighted by atomic mass is 10.1. The zero-order chi connectivity index (χ0) is 22.1. The highest BCUT2D eigenvalue weighted by molar-refractivity contribution is 5.78. The van der Waals surface area contributed by atoms with Crippen molar-refractivity contribution in [2.45, 2.75) is 58.9 Å². The van der Waals surface area contributed by atoms with Crippen LogP contribution in [0.15, 0.2) is 48.5 Å². The van der Waals surface area contributed by atoms with E-state index in [-0.39, 0.29) is 5.91 Å². The molecule has 1 heterocycles. The molecule has 0 aliphatic heterocycles. The number of imidazole rings is 1. The highest BCUT2D eigenvalue weighted by Crippen LogP contribution is 2.19. The summed E-state index contributed by atoms with van der Waals surface area (Å²) in [6.07, 6.45) is 5.69. The van der Waals surface area contributed by atoms with Gasteiger partial charge in [-0.05, 0) is 55.0 Å². The normalized spacial score (nSPS) is 11.2. The third kappa shape index (κ3) is 6.84. The number of aryl methyl sites for hydroxylation is 2. The van der Waals surface area contributed by atoms with E-state index in [4.69, 9.17) is 9.72 Å². The number of benzene rings is 2. The van der Waals surface area contributed by atoms with Gasteiger partial charge in [0.15, 0.2) is 0 Å². The molecule has 0 saturated heterocycles. The van der Waals surface area contributed by atoms with Crippen LogP contribution in [0.1, 0.15) is 50.9 Å². The maximum Gasteiger partial charge on any atom is 0.224 e. The number of nitrogens with zero attached hydrogens (tertiary/aromatic N) is 2. The molecule has 3 aromatic rings. The van der Waals surface area contributed by atoms with E-state index in [9.17, 15) is 4.79 Å². The third-order valence-corrected chi connectivity index (χ3v) is 5.59. The number of fused-ring (bicyclic) bond motifs is 1. The Balaban J connectivity index is 1.40. The van der Waals surface area contributed by atoms with E-state index in [2.05, 4.69) is 48.0 Å². The first kappa shape index (κ1) is 22.9. The molecule has 0 saturated carbocycles. The van der Waals surface area contributed by atoms with E-state index < -0.39 is 0 Å². The van der Waals surface area contributed by atoms with E-state index in [1.165, 1.54) is 11.3 Å². The van der Waals surface area contributed by atoms with Crippen LogP contribution in [-0.2, 0) is 24.2 Å². The predicted octanol–water partition coefficient (Wildman–Crippen LogP) is 5.16. The minimum atomic E-state index is 0.0700. The molecule has 0 atom stereocenters. The molecule has 0 spiro atoms. The molecule has 5 heteroatoms. The maximum atomic E-state index is 12.1. The quantitative estimate of drug-likeness (QED) is 0.411. The van der Waals surface area contributed by atoms with Gasteiger partial charge in [-0.1, -0.05) is 44.5 Å². The summed E-state index contributed by atoms with van der Waals surface area (Å²) in [5.41, 5.74) is 3.33. The molecule has 2 aromatic carbocycles. The molecule has 166 valence electrons. The summed E-state index contributed by atoms with van der Waals surface area (Å²) in [5, 5.41) is 3.03. The van der Waals surface area contributed by atoms with Crippen LogP contribution in [0.5, 0.6) is 5.75 Å². The second-order valence-corrected chi connectivity index (χ2v) is 8.54. The van der Waals surface area contributed by atoms with Crippen molar-refractivity contribution >= 4 is 16.9 Å². The molecule has 31 heavy (non-hydrogen) atoms. The predicted molar refractivity (Wildman–Crippen MR) is 126 cm³/mol. The number of amides is 1.